The molecule has 0 spiro atoms. The Kier molecular flexibility index (Phi) is 7.70. The maximum Gasteiger partial charge on any atom is 0.328 e. The molecular formula is C24H25N3O4. The molecule has 0 aliphatic heterocycles. The summed E-state index contributed by atoms with van der Waals surface area (Å²) in [5, 5.41) is 2.77. The van der Waals surface area contributed by atoms with Crippen molar-refractivity contribution in [3.8, 4) is 0 Å². The van der Waals surface area contributed by atoms with E-state index in [0.717, 1.165) is 5.56 Å². The highest BCUT2D eigenvalue weighted by Gasteiger charge is 2.28. The highest BCUT2D eigenvalue weighted by Crippen LogP contribution is 2.17. The topological polar surface area (TPSA) is 101 Å². The summed E-state index contributed by atoms with van der Waals surface area (Å²) in [6, 6.07) is 17.5. The third-order valence-electron chi connectivity index (χ3n) is 5.00. The van der Waals surface area contributed by atoms with E-state index >= 15 is 0 Å². The highest BCUT2D eigenvalue weighted by molar-refractivity contribution is 5.99. The molecule has 160 valence electrons. The van der Waals surface area contributed by atoms with E-state index in [4.69, 9.17) is 4.74 Å². The Morgan fingerprint density at radius 1 is 1.00 bits per heavy atom. The van der Waals surface area contributed by atoms with E-state index in [-0.39, 0.29) is 24.5 Å². The molecule has 0 bridgehead atoms. The van der Waals surface area contributed by atoms with Gasteiger partial charge < -0.3 is 15.0 Å². The smallest absolute Gasteiger partial charge is 0.328 e. The van der Waals surface area contributed by atoms with Crippen molar-refractivity contribution in [2.45, 2.75) is 25.3 Å². The van der Waals surface area contributed by atoms with Crippen LogP contribution in [0.2, 0.25) is 0 Å². The van der Waals surface area contributed by atoms with E-state index in [1.807, 2.05) is 36.4 Å². The minimum absolute atomic E-state index is 0.0304. The summed E-state index contributed by atoms with van der Waals surface area (Å²) < 4.78 is 4.86. The fraction of sp³-hybridized carbons (Fsp3) is 0.250. The van der Waals surface area contributed by atoms with Crippen LogP contribution < -0.4 is 5.32 Å². The Labute approximate surface area is 180 Å². The van der Waals surface area contributed by atoms with Gasteiger partial charge in [-0.1, -0.05) is 60.7 Å². The molecule has 1 aromatic heterocycles. The fourth-order valence-electron chi connectivity index (χ4n) is 3.36. The van der Waals surface area contributed by atoms with Gasteiger partial charge in [0.2, 0.25) is 5.91 Å². The van der Waals surface area contributed by atoms with E-state index in [9.17, 15) is 14.4 Å². The molecule has 1 unspecified atom stereocenters. The van der Waals surface area contributed by atoms with Crippen LogP contribution in [0.5, 0.6) is 0 Å². The molecule has 3 rings (SSSR count). The van der Waals surface area contributed by atoms with Gasteiger partial charge in [-0.05, 0) is 12.0 Å². The van der Waals surface area contributed by atoms with Crippen LogP contribution >= 0.6 is 0 Å². The number of benzene rings is 2. The van der Waals surface area contributed by atoms with E-state index in [1.165, 1.54) is 13.4 Å². The van der Waals surface area contributed by atoms with Crippen molar-refractivity contribution in [1.29, 1.82) is 0 Å². The Balaban J connectivity index is 1.77. The van der Waals surface area contributed by atoms with Gasteiger partial charge in [-0.2, -0.15) is 0 Å². The number of imidazole rings is 1. The van der Waals surface area contributed by atoms with Crippen molar-refractivity contribution in [2.24, 2.45) is 5.92 Å². The Bertz CT molecular complexity index is 988. The maximum atomic E-state index is 13.2. The van der Waals surface area contributed by atoms with Gasteiger partial charge in [0.15, 0.2) is 5.78 Å². The molecule has 0 aliphatic carbocycles. The summed E-state index contributed by atoms with van der Waals surface area (Å²) in [6.45, 7) is 0. The average Bonchev–Trinajstić information content (AvgIpc) is 3.32. The number of Topliss-reactive ketones (excluding diaryl/α,β-unsaturated/α-hetero) is 1. The summed E-state index contributed by atoms with van der Waals surface area (Å²) in [6.07, 6.45) is 3.71. The first-order valence-electron chi connectivity index (χ1n) is 10.0. The molecule has 7 nitrogen and oxygen atoms in total. The summed E-state index contributed by atoms with van der Waals surface area (Å²) in [7, 11) is 1.27. The van der Waals surface area contributed by atoms with Crippen molar-refractivity contribution in [2.75, 3.05) is 7.11 Å². The monoisotopic (exact) mass is 419 g/mol. The molecule has 31 heavy (non-hydrogen) atoms. The van der Waals surface area contributed by atoms with E-state index in [2.05, 4.69) is 15.3 Å². The largest absolute Gasteiger partial charge is 0.467 e. The minimum atomic E-state index is -0.886. The molecule has 0 radical (unpaired) electrons. The van der Waals surface area contributed by atoms with Crippen LogP contribution in [0.4, 0.5) is 0 Å². The van der Waals surface area contributed by atoms with Gasteiger partial charge in [0.25, 0.3) is 0 Å². The number of hydrogen-bond acceptors (Lipinski definition) is 5. The van der Waals surface area contributed by atoms with Crippen molar-refractivity contribution in [3.05, 3.63) is 90.0 Å². The number of aromatic nitrogens is 2. The normalized spacial score (nSPS) is 12.5. The maximum absolute atomic E-state index is 13.2. The van der Waals surface area contributed by atoms with E-state index in [1.54, 1.807) is 30.5 Å². The van der Waals surface area contributed by atoms with Gasteiger partial charge in [0, 0.05) is 36.2 Å². The molecule has 3 aromatic rings. The lowest BCUT2D eigenvalue weighted by molar-refractivity contribution is -0.145. The third kappa shape index (κ3) is 6.37. The van der Waals surface area contributed by atoms with Crippen molar-refractivity contribution >= 4 is 17.7 Å². The fourth-order valence-corrected chi connectivity index (χ4v) is 3.36. The van der Waals surface area contributed by atoms with Crippen molar-refractivity contribution in [1.82, 2.24) is 15.3 Å². The van der Waals surface area contributed by atoms with Crippen LogP contribution in [0, 0.1) is 5.92 Å². The molecule has 2 aromatic carbocycles. The number of rotatable bonds is 10. The predicted octanol–water partition coefficient (Wildman–Crippen LogP) is 2.74. The number of esters is 1. The summed E-state index contributed by atoms with van der Waals surface area (Å²) in [5.74, 6) is -1.69. The Hall–Kier alpha value is -3.74. The third-order valence-corrected chi connectivity index (χ3v) is 5.00. The highest BCUT2D eigenvalue weighted by atomic mass is 16.5. The quantitative estimate of drug-likeness (QED) is 0.389. The molecule has 0 fully saturated rings. The Morgan fingerprint density at radius 2 is 1.68 bits per heavy atom. The minimum Gasteiger partial charge on any atom is -0.467 e. The molecule has 2 N–H and O–H groups in total. The molecule has 0 saturated carbocycles. The van der Waals surface area contributed by atoms with Crippen LogP contribution in [0.25, 0.3) is 0 Å². The zero-order valence-corrected chi connectivity index (χ0v) is 17.3. The second-order valence-electron chi connectivity index (χ2n) is 7.25. The number of nitrogens with zero attached hydrogens (tertiary/aromatic N) is 1. The number of carbonyl (C=O) groups excluding carboxylic acids is 3. The van der Waals surface area contributed by atoms with Crippen LogP contribution in [-0.4, -0.2) is 40.8 Å². The molecule has 0 aliphatic rings. The number of hydrogen-bond donors (Lipinski definition) is 2. The summed E-state index contributed by atoms with van der Waals surface area (Å²) >= 11 is 0. The zero-order valence-electron chi connectivity index (χ0n) is 17.3. The van der Waals surface area contributed by atoms with Crippen LogP contribution in [0.3, 0.4) is 0 Å². The van der Waals surface area contributed by atoms with E-state index in [0.29, 0.717) is 17.7 Å². The average molecular weight is 419 g/mol. The van der Waals surface area contributed by atoms with Gasteiger partial charge in [-0.3, -0.25) is 9.59 Å². The van der Waals surface area contributed by atoms with Crippen molar-refractivity contribution < 1.29 is 19.1 Å². The van der Waals surface area contributed by atoms with Crippen LogP contribution in [0.1, 0.15) is 28.0 Å². The van der Waals surface area contributed by atoms with Gasteiger partial charge in [0.1, 0.15) is 6.04 Å². The predicted molar refractivity (Wildman–Crippen MR) is 115 cm³/mol. The number of ketones is 1. The Morgan fingerprint density at radius 3 is 2.29 bits per heavy atom. The second kappa shape index (κ2) is 10.9. The molecule has 7 heteroatoms. The van der Waals surface area contributed by atoms with E-state index < -0.39 is 17.9 Å². The van der Waals surface area contributed by atoms with Crippen LogP contribution in [-0.2, 0) is 27.2 Å². The first-order chi connectivity index (χ1) is 15.1. The van der Waals surface area contributed by atoms with Gasteiger partial charge in [-0.25, -0.2) is 9.78 Å². The standard InChI is InChI=1S/C24H25N3O4/c1-31-24(30)21(14-20-15-25-16-26-20)27-23(29)19(12-17-8-4-2-5-9-17)13-22(28)18-10-6-3-7-11-18/h2-11,15-16,19,21H,12-14H2,1H3,(H,25,26)(H,27,29)/t19?,21-/m1/s1. The lowest BCUT2D eigenvalue weighted by atomic mass is 9.91. The zero-order chi connectivity index (χ0) is 22.1. The second-order valence-corrected chi connectivity index (χ2v) is 7.25. The number of nitrogens with one attached hydrogen (secondary N) is 2. The lowest BCUT2D eigenvalue weighted by Gasteiger charge is -2.21. The molecule has 1 heterocycles. The first kappa shape index (κ1) is 22.0. The van der Waals surface area contributed by atoms with Gasteiger partial charge >= 0.3 is 5.97 Å². The number of amides is 1. The SMILES string of the molecule is COC(=O)[C@@H](Cc1cnc[nH]1)NC(=O)C(CC(=O)c1ccccc1)Cc1ccccc1. The summed E-state index contributed by atoms with van der Waals surface area (Å²) in [5.41, 5.74) is 2.18. The van der Waals surface area contributed by atoms with Crippen molar-refractivity contribution in [3.63, 3.8) is 0 Å². The first-order valence-corrected chi connectivity index (χ1v) is 10.0. The van der Waals surface area contributed by atoms with Gasteiger partial charge in [0.05, 0.1) is 13.4 Å². The molecule has 0 saturated heterocycles. The van der Waals surface area contributed by atoms with Crippen LogP contribution in [0.15, 0.2) is 73.2 Å². The number of H-pyrrole nitrogens is 1. The number of aromatic amines is 1. The molecule has 2 atom stereocenters. The van der Waals surface area contributed by atoms with Gasteiger partial charge in [-0.15, -0.1) is 0 Å². The molecule has 1 amide bonds. The number of methoxy groups -OCH3 is 1. The number of carbonyl (C=O) groups is 3. The summed E-state index contributed by atoms with van der Waals surface area (Å²) in [4.78, 5) is 45.1. The number of ether oxygens (including phenoxy) is 1. The lowest BCUT2D eigenvalue weighted by Crippen LogP contribution is -2.46. The molecular weight excluding hydrogens is 394 g/mol.